The van der Waals surface area contributed by atoms with E-state index in [2.05, 4.69) is 15.8 Å². The van der Waals surface area contributed by atoms with E-state index in [0.717, 1.165) is 0 Å². The fourth-order valence-electron chi connectivity index (χ4n) is 0. The van der Waals surface area contributed by atoms with Crippen LogP contribution in [0.2, 0.25) is 0 Å². The van der Waals surface area contributed by atoms with Crippen molar-refractivity contribution in [1.82, 2.24) is 0 Å². The largest absolute Gasteiger partial charge is 0 e. The summed E-state index contributed by atoms with van der Waals surface area (Å²) in [4.78, 5) is 0. The van der Waals surface area contributed by atoms with Crippen LogP contribution in [-0.2, 0) is 52.4 Å². The summed E-state index contributed by atoms with van der Waals surface area (Å²) < 4.78 is 0. The molecule has 0 unspecified atom stereocenters. The number of hydrogen-bond acceptors (Lipinski definition) is 0. The molecule has 0 aliphatic heterocycles. The summed E-state index contributed by atoms with van der Waals surface area (Å²) in [5.41, 5.74) is 0. The van der Waals surface area contributed by atoms with Gasteiger partial charge in [0, 0.05) is 36.5 Å². The van der Waals surface area contributed by atoms with Gasteiger partial charge in [-0.1, -0.05) is 0 Å². The quantitative estimate of drug-likeness (QED) is 0.440. The molecule has 0 aromatic heterocycles. The summed E-state index contributed by atoms with van der Waals surface area (Å²) in [6.45, 7) is 1.81. The SMILES string of the molecule is [BH2][Mn].[Cu].[Zn]. The van der Waals surface area contributed by atoms with Gasteiger partial charge in [-0.2, -0.15) is 0 Å². The topological polar surface area (TPSA) is 0 Å². The molecule has 0 rings (SSSR count). The van der Waals surface area contributed by atoms with Gasteiger partial charge < -0.3 is 0 Å². The zero-order valence-electron chi connectivity index (χ0n) is 2.39. The molecular weight excluding hydrogens is 195 g/mol. The van der Waals surface area contributed by atoms with Gasteiger partial charge in [0.05, 0.1) is 0 Å². The second kappa shape index (κ2) is 22.0. The van der Waals surface area contributed by atoms with Crippen LogP contribution in [0.15, 0.2) is 0 Å². The Bertz CT molecular complexity index is 8.00. The van der Waals surface area contributed by atoms with Crippen LogP contribution in [0, 0.1) is 0 Å². The summed E-state index contributed by atoms with van der Waals surface area (Å²) in [5, 5.41) is 0. The van der Waals surface area contributed by atoms with E-state index in [0.29, 0.717) is 0 Å². The van der Waals surface area contributed by atoms with Crippen LogP contribution < -0.4 is 0 Å². The van der Waals surface area contributed by atoms with Crippen LogP contribution in [0.25, 0.3) is 0 Å². The summed E-state index contributed by atoms with van der Waals surface area (Å²) in [7, 11) is 0. The van der Waals surface area contributed by atoms with Gasteiger partial charge in [-0.05, 0) is 0 Å². The molecule has 4 heteroatoms. The van der Waals surface area contributed by atoms with E-state index in [4.69, 9.17) is 0 Å². The Labute approximate surface area is 58.8 Å². The van der Waals surface area contributed by atoms with Gasteiger partial charge in [-0.15, -0.1) is 0 Å². The zero-order chi connectivity index (χ0) is 2.00. The molecule has 0 saturated heterocycles. The minimum Gasteiger partial charge on any atom is 0 e. The molecular formula is H2BCuMnZn. The Hall–Kier alpha value is 1.73. The Balaban J connectivity index is -0.00000000500. The number of hydrogen-bond donors (Lipinski definition) is 0. The second-order valence-electron chi connectivity index (χ2n) is 0. The van der Waals surface area contributed by atoms with Crippen LogP contribution in [0.3, 0.4) is 0 Å². The minimum atomic E-state index is 0. The van der Waals surface area contributed by atoms with Crippen molar-refractivity contribution < 1.29 is 52.4 Å². The van der Waals surface area contributed by atoms with E-state index in [1.807, 2.05) is 6.66 Å². The van der Waals surface area contributed by atoms with Crippen LogP contribution >= 0.6 is 0 Å². The molecule has 0 atom stereocenters. The first-order chi connectivity index (χ1) is 1.00. The first-order valence-corrected chi connectivity index (χ1v) is 1.56. The monoisotopic (exact) mass is 195 g/mol. The Morgan fingerprint density at radius 2 is 1.25 bits per heavy atom. The maximum absolute atomic E-state index is 2.94. The Kier molecular flexibility index (Phi) is 94.7. The molecule has 0 amide bonds. The molecule has 0 bridgehead atoms. The van der Waals surface area contributed by atoms with Gasteiger partial charge in [0.15, 0.2) is 0 Å². The van der Waals surface area contributed by atoms with Gasteiger partial charge in [0.2, 0.25) is 0 Å². The molecule has 0 fully saturated rings. The van der Waals surface area contributed by atoms with Crippen molar-refractivity contribution in [2.24, 2.45) is 0 Å². The molecule has 0 nitrogen and oxygen atoms in total. The molecule has 1 radical (unpaired) electrons. The molecule has 0 aliphatic rings. The predicted octanol–water partition coefficient (Wildman–Crippen LogP) is -0.924. The van der Waals surface area contributed by atoms with Crippen LogP contribution in [0.1, 0.15) is 0 Å². The van der Waals surface area contributed by atoms with Crippen molar-refractivity contribution in [1.29, 1.82) is 0 Å². The average Bonchev–Trinajstić information content (AvgIpc) is 1.00. The van der Waals surface area contributed by atoms with Crippen molar-refractivity contribution >= 4 is 6.66 Å². The minimum absolute atomic E-state index is 0. The molecule has 0 aliphatic carbocycles. The molecule has 0 aromatic carbocycles. The van der Waals surface area contributed by atoms with Crippen molar-refractivity contribution in [3.63, 3.8) is 0 Å². The summed E-state index contributed by atoms with van der Waals surface area (Å²) >= 11 is 2.94. The standard InChI is InChI=1S/BH2.Cu.Mn.Zn/h1H2;;;/q+1;;-1;. The molecule has 4 heavy (non-hydrogen) atoms. The van der Waals surface area contributed by atoms with E-state index in [9.17, 15) is 0 Å². The third kappa shape index (κ3) is 9.29. The molecule has 0 heterocycles. The molecule has 25 valence electrons. The summed E-state index contributed by atoms with van der Waals surface area (Å²) in [5.74, 6) is 0. The fourth-order valence-corrected chi connectivity index (χ4v) is 0. The maximum atomic E-state index is 2.94. The molecule has 0 spiro atoms. The Morgan fingerprint density at radius 1 is 1.25 bits per heavy atom. The van der Waals surface area contributed by atoms with E-state index in [1.54, 1.807) is 0 Å². The van der Waals surface area contributed by atoms with Gasteiger partial charge in [0.25, 0.3) is 0 Å². The summed E-state index contributed by atoms with van der Waals surface area (Å²) in [6, 6.07) is 0. The predicted molar refractivity (Wildman–Crippen MR) is 8.54 cm³/mol. The maximum Gasteiger partial charge on any atom is 0 e. The second-order valence-corrected chi connectivity index (χ2v) is 0. The van der Waals surface area contributed by atoms with Crippen molar-refractivity contribution in [2.45, 2.75) is 0 Å². The third-order valence-electron chi connectivity index (χ3n) is 0. The normalized spacial score (nSPS) is 1.25. The van der Waals surface area contributed by atoms with E-state index >= 15 is 0 Å². The van der Waals surface area contributed by atoms with Crippen molar-refractivity contribution in [3.8, 4) is 0 Å². The van der Waals surface area contributed by atoms with Crippen molar-refractivity contribution in [3.05, 3.63) is 0 Å². The van der Waals surface area contributed by atoms with Crippen LogP contribution in [0.4, 0.5) is 0 Å². The van der Waals surface area contributed by atoms with Gasteiger partial charge in [0.1, 0.15) is 0 Å². The smallest absolute Gasteiger partial charge is 0 e. The average molecular weight is 197 g/mol. The summed E-state index contributed by atoms with van der Waals surface area (Å²) in [6.07, 6.45) is 0. The van der Waals surface area contributed by atoms with E-state index in [1.165, 1.54) is 0 Å². The van der Waals surface area contributed by atoms with Crippen LogP contribution in [0.5, 0.6) is 0 Å². The molecule has 0 N–H and O–H groups in total. The van der Waals surface area contributed by atoms with E-state index in [-0.39, 0.29) is 36.5 Å². The zero-order valence-corrected chi connectivity index (χ0v) is 7.48. The molecule has 0 saturated carbocycles. The molecule has 0 aromatic rings. The number of rotatable bonds is 0. The Morgan fingerprint density at radius 3 is 1.25 bits per heavy atom. The van der Waals surface area contributed by atoms with E-state index < -0.39 is 0 Å². The van der Waals surface area contributed by atoms with Gasteiger partial charge in [-0.25, -0.2) is 0 Å². The third-order valence-corrected chi connectivity index (χ3v) is 0. The van der Waals surface area contributed by atoms with Gasteiger partial charge in [-0.3, -0.25) is 0 Å². The fraction of sp³-hybridized carbons (Fsp3) is 0. The first kappa shape index (κ1) is 17.2. The van der Waals surface area contributed by atoms with Gasteiger partial charge >= 0.3 is 22.5 Å². The first-order valence-electron chi connectivity index (χ1n) is 0.378. The van der Waals surface area contributed by atoms with Crippen molar-refractivity contribution in [2.75, 3.05) is 0 Å². The van der Waals surface area contributed by atoms with Crippen LogP contribution in [-0.4, -0.2) is 6.66 Å².